The smallest absolute Gasteiger partial charge is 0.323 e. The largest absolute Gasteiger partial charge is 0.495 e. The summed E-state index contributed by atoms with van der Waals surface area (Å²) in [5.74, 6) is -2.11. The number of rotatable bonds is 6. The van der Waals surface area contributed by atoms with E-state index in [0.29, 0.717) is 0 Å². The van der Waals surface area contributed by atoms with E-state index in [1.807, 2.05) is 0 Å². The Morgan fingerprint density at radius 1 is 1.40 bits per heavy atom. The Hall–Kier alpha value is -2.29. The van der Waals surface area contributed by atoms with Gasteiger partial charge in [-0.25, -0.2) is 8.42 Å². The minimum atomic E-state index is -4.17. The summed E-state index contributed by atoms with van der Waals surface area (Å²) in [4.78, 5) is 21.8. The molecule has 0 aromatic heterocycles. The van der Waals surface area contributed by atoms with Crippen molar-refractivity contribution in [2.24, 2.45) is 5.73 Å². The predicted molar refractivity (Wildman–Crippen MR) is 71.2 cm³/mol. The number of ether oxygens (including phenoxy) is 1. The van der Waals surface area contributed by atoms with Crippen LogP contribution in [0.3, 0.4) is 0 Å². The highest BCUT2D eigenvalue weighted by Crippen LogP contribution is 2.27. The lowest BCUT2D eigenvalue weighted by molar-refractivity contribution is -0.136. The minimum absolute atomic E-state index is 0.0584. The standard InChI is InChI=1S/C11H14N2O6S/c1-6(11(15)16)20(17,18)13-8-5-7(10(12)14)3-4-9(8)19-2/h3-6,13H,1-2H3,(H2,12,14)(H,15,16). The van der Waals surface area contributed by atoms with Crippen molar-refractivity contribution < 1.29 is 27.9 Å². The van der Waals surface area contributed by atoms with E-state index in [1.54, 1.807) is 0 Å². The molecular formula is C11H14N2O6S. The van der Waals surface area contributed by atoms with Crippen LogP contribution in [0.1, 0.15) is 17.3 Å². The molecule has 1 rings (SSSR count). The molecular weight excluding hydrogens is 288 g/mol. The summed E-state index contributed by atoms with van der Waals surface area (Å²) >= 11 is 0. The molecule has 0 aliphatic heterocycles. The van der Waals surface area contributed by atoms with E-state index in [9.17, 15) is 18.0 Å². The number of carbonyl (C=O) groups excluding carboxylic acids is 1. The number of carboxylic acids is 1. The van der Waals surface area contributed by atoms with Crippen molar-refractivity contribution in [3.05, 3.63) is 23.8 Å². The van der Waals surface area contributed by atoms with Crippen molar-refractivity contribution in [2.45, 2.75) is 12.2 Å². The maximum atomic E-state index is 11.8. The normalized spacial score (nSPS) is 12.5. The van der Waals surface area contributed by atoms with Crippen LogP contribution in [0.4, 0.5) is 5.69 Å². The number of sulfonamides is 1. The molecule has 0 heterocycles. The van der Waals surface area contributed by atoms with Crippen molar-refractivity contribution in [1.29, 1.82) is 0 Å². The number of carbonyl (C=O) groups is 2. The summed E-state index contributed by atoms with van der Waals surface area (Å²) < 4.78 is 30.7. The second-order valence-corrected chi connectivity index (χ2v) is 5.91. The van der Waals surface area contributed by atoms with Gasteiger partial charge >= 0.3 is 5.97 Å². The molecule has 20 heavy (non-hydrogen) atoms. The molecule has 0 bridgehead atoms. The van der Waals surface area contributed by atoms with Crippen molar-refractivity contribution in [3.8, 4) is 5.75 Å². The maximum absolute atomic E-state index is 11.8. The Labute approximate surface area is 115 Å². The third-order valence-corrected chi connectivity index (χ3v) is 4.19. The van der Waals surface area contributed by atoms with Crippen LogP contribution < -0.4 is 15.2 Å². The van der Waals surface area contributed by atoms with E-state index in [1.165, 1.54) is 25.3 Å². The molecule has 0 fully saturated rings. The van der Waals surface area contributed by atoms with E-state index in [2.05, 4.69) is 4.72 Å². The molecule has 0 aliphatic rings. The fourth-order valence-corrected chi connectivity index (χ4v) is 2.22. The lowest BCUT2D eigenvalue weighted by Gasteiger charge is -2.14. The Bertz CT molecular complexity index is 640. The number of nitrogens with two attached hydrogens (primary N) is 1. The summed E-state index contributed by atoms with van der Waals surface area (Å²) in [6.45, 7) is 1.02. The Kier molecular flexibility index (Phi) is 4.56. The van der Waals surface area contributed by atoms with Crippen LogP contribution in [0.25, 0.3) is 0 Å². The first kappa shape index (κ1) is 15.8. The topological polar surface area (TPSA) is 136 Å². The van der Waals surface area contributed by atoms with Gasteiger partial charge in [0, 0.05) is 5.56 Å². The van der Waals surface area contributed by atoms with E-state index in [-0.39, 0.29) is 17.0 Å². The van der Waals surface area contributed by atoms with Crippen LogP contribution in [-0.2, 0) is 14.8 Å². The number of amides is 1. The molecule has 0 saturated heterocycles. The second-order valence-electron chi connectivity index (χ2n) is 3.91. The van der Waals surface area contributed by atoms with Gasteiger partial charge in [-0.1, -0.05) is 0 Å². The Balaban J connectivity index is 3.22. The number of nitrogens with one attached hydrogen (secondary N) is 1. The average molecular weight is 302 g/mol. The zero-order chi connectivity index (χ0) is 15.5. The van der Waals surface area contributed by atoms with Gasteiger partial charge < -0.3 is 15.6 Å². The number of carboxylic acid groups (broad SMARTS) is 1. The third-order valence-electron chi connectivity index (χ3n) is 2.55. The number of anilines is 1. The number of benzene rings is 1. The van der Waals surface area contributed by atoms with Crippen molar-refractivity contribution in [1.82, 2.24) is 0 Å². The summed E-state index contributed by atoms with van der Waals surface area (Å²) in [5.41, 5.74) is 5.10. The van der Waals surface area contributed by atoms with Crippen molar-refractivity contribution in [2.75, 3.05) is 11.8 Å². The predicted octanol–water partition coefficient (Wildman–Crippen LogP) is 0.00890. The molecule has 1 atom stereocenters. The first-order chi connectivity index (χ1) is 9.19. The van der Waals surface area contributed by atoms with Crippen LogP contribution in [0, 0.1) is 0 Å². The Morgan fingerprint density at radius 2 is 2.00 bits per heavy atom. The number of methoxy groups -OCH3 is 1. The van der Waals surface area contributed by atoms with Gasteiger partial charge in [-0.15, -0.1) is 0 Å². The molecule has 0 saturated carbocycles. The molecule has 0 aliphatic carbocycles. The first-order valence-electron chi connectivity index (χ1n) is 5.41. The van der Waals surface area contributed by atoms with E-state index < -0.39 is 27.1 Å². The van der Waals surface area contributed by atoms with Crippen LogP contribution in [0.15, 0.2) is 18.2 Å². The van der Waals surface area contributed by atoms with Crippen LogP contribution >= 0.6 is 0 Å². The summed E-state index contributed by atoms with van der Waals surface area (Å²) in [5, 5.41) is 7.08. The summed E-state index contributed by atoms with van der Waals surface area (Å²) in [6, 6.07) is 3.89. The molecule has 1 aromatic rings. The molecule has 110 valence electrons. The summed E-state index contributed by atoms with van der Waals surface area (Å²) in [6.07, 6.45) is 0. The molecule has 1 amide bonds. The van der Waals surface area contributed by atoms with Gasteiger partial charge in [0.2, 0.25) is 15.9 Å². The lowest BCUT2D eigenvalue weighted by atomic mass is 10.2. The SMILES string of the molecule is COc1ccc(C(N)=O)cc1NS(=O)(=O)C(C)C(=O)O. The van der Waals surface area contributed by atoms with Gasteiger partial charge in [0.15, 0.2) is 5.25 Å². The number of aliphatic carboxylic acids is 1. The van der Waals surface area contributed by atoms with Gasteiger partial charge in [0.05, 0.1) is 12.8 Å². The molecule has 1 unspecified atom stereocenters. The quantitative estimate of drug-likeness (QED) is 0.677. The van der Waals surface area contributed by atoms with E-state index >= 15 is 0 Å². The number of hydrogen-bond acceptors (Lipinski definition) is 5. The molecule has 9 heteroatoms. The fourth-order valence-electron chi connectivity index (χ4n) is 1.32. The molecule has 0 spiro atoms. The number of hydrogen-bond donors (Lipinski definition) is 3. The van der Waals surface area contributed by atoms with Gasteiger partial charge in [0.25, 0.3) is 0 Å². The summed E-state index contributed by atoms with van der Waals surface area (Å²) in [7, 11) is -2.87. The fraction of sp³-hybridized carbons (Fsp3) is 0.273. The van der Waals surface area contributed by atoms with Crippen LogP contribution in [-0.4, -0.2) is 37.8 Å². The van der Waals surface area contributed by atoms with Gasteiger partial charge in [-0.3, -0.25) is 14.3 Å². The Morgan fingerprint density at radius 3 is 2.45 bits per heavy atom. The van der Waals surface area contributed by atoms with Gasteiger partial charge in [-0.05, 0) is 25.1 Å². The zero-order valence-electron chi connectivity index (χ0n) is 10.8. The molecule has 0 radical (unpaired) electrons. The monoisotopic (exact) mass is 302 g/mol. The molecule has 1 aromatic carbocycles. The second kappa shape index (κ2) is 5.78. The lowest BCUT2D eigenvalue weighted by Crippen LogP contribution is -2.32. The zero-order valence-corrected chi connectivity index (χ0v) is 11.6. The van der Waals surface area contributed by atoms with Crippen LogP contribution in [0.2, 0.25) is 0 Å². The first-order valence-corrected chi connectivity index (χ1v) is 6.96. The van der Waals surface area contributed by atoms with Gasteiger partial charge in [-0.2, -0.15) is 0 Å². The van der Waals surface area contributed by atoms with Gasteiger partial charge in [0.1, 0.15) is 5.75 Å². The van der Waals surface area contributed by atoms with Crippen LogP contribution in [0.5, 0.6) is 5.75 Å². The minimum Gasteiger partial charge on any atom is -0.495 e. The number of primary amides is 1. The highest BCUT2D eigenvalue weighted by Gasteiger charge is 2.28. The van der Waals surface area contributed by atoms with E-state index in [0.717, 1.165) is 6.92 Å². The maximum Gasteiger partial charge on any atom is 0.323 e. The van der Waals surface area contributed by atoms with Crippen molar-refractivity contribution in [3.63, 3.8) is 0 Å². The highest BCUT2D eigenvalue weighted by atomic mass is 32.2. The highest BCUT2D eigenvalue weighted by molar-refractivity contribution is 7.94. The molecule has 4 N–H and O–H groups in total. The average Bonchev–Trinajstić information content (AvgIpc) is 2.36. The third kappa shape index (κ3) is 3.38. The molecule has 8 nitrogen and oxygen atoms in total. The van der Waals surface area contributed by atoms with Crippen molar-refractivity contribution >= 4 is 27.6 Å². The van der Waals surface area contributed by atoms with E-state index in [4.69, 9.17) is 15.6 Å².